The summed E-state index contributed by atoms with van der Waals surface area (Å²) in [7, 11) is 0. The molecule has 0 bridgehead atoms. The highest BCUT2D eigenvalue weighted by atomic mass is 127. The van der Waals surface area contributed by atoms with Gasteiger partial charge < -0.3 is 0 Å². The molecule has 0 spiro atoms. The van der Waals surface area contributed by atoms with Gasteiger partial charge in [-0.3, -0.25) is 4.98 Å². The molecule has 0 fully saturated rings. The summed E-state index contributed by atoms with van der Waals surface area (Å²) in [6.45, 7) is 0. The Bertz CT molecular complexity index is 1600. The van der Waals surface area contributed by atoms with Crippen molar-refractivity contribution in [3.63, 3.8) is 0 Å². The molecule has 2 heterocycles. The van der Waals surface area contributed by atoms with Crippen molar-refractivity contribution in [2.24, 2.45) is 0 Å². The average molecular weight is 588 g/mol. The predicted octanol–water partition coefficient (Wildman–Crippen LogP) is 8.21. The van der Waals surface area contributed by atoms with Gasteiger partial charge in [0.25, 0.3) is 0 Å². The Kier molecular flexibility index (Phi) is 6.52. The minimum Gasteiger partial charge on any atom is -0.265 e. The quantitative estimate of drug-likeness (QED) is 0.191. The number of nitrogens with zero attached hydrogens (tertiary/aromatic N) is 4. The monoisotopic (exact) mass is 588 g/mol. The first-order chi connectivity index (χ1) is 18.2. The zero-order chi connectivity index (χ0) is 25.0. The topological polar surface area (TPSA) is 51.6 Å². The number of pyridine rings is 1. The third-order valence-electron chi connectivity index (χ3n) is 6.17. The normalized spacial score (nSPS) is 10.8. The van der Waals surface area contributed by atoms with Crippen LogP contribution in [-0.2, 0) is 0 Å². The van der Waals surface area contributed by atoms with E-state index in [1.807, 2.05) is 24.3 Å². The average Bonchev–Trinajstić information content (AvgIpc) is 2.98. The Morgan fingerprint density at radius 3 is 1.38 bits per heavy atom. The van der Waals surface area contributed by atoms with Gasteiger partial charge in [-0.15, -0.1) is 0 Å². The van der Waals surface area contributed by atoms with Gasteiger partial charge >= 0.3 is 0 Å². The van der Waals surface area contributed by atoms with Gasteiger partial charge in [0.15, 0.2) is 15.5 Å². The highest BCUT2D eigenvalue weighted by molar-refractivity contribution is 14.1. The van der Waals surface area contributed by atoms with E-state index in [9.17, 15) is 0 Å². The molecule has 0 unspecified atom stereocenters. The second-order valence-electron chi connectivity index (χ2n) is 8.60. The standard InChI is InChI=1S/C32H21IN4/c33-32-36-30(26-13-11-24(12-14-26)25-15-17-34-18-16-25)35-31(37-32)29-20-27(22-7-3-1-4-8-22)19-28(21-29)23-9-5-2-6-10-23/h1-21H. The second-order valence-corrected chi connectivity index (χ2v) is 9.56. The van der Waals surface area contributed by atoms with Crippen molar-refractivity contribution >= 4 is 22.6 Å². The first-order valence-electron chi connectivity index (χ1n) is 11.9. The molecule has 0 saturated heterocycles. The fraction of sp³-hybridized carbons (Fsp3) is 0. The van der Waals surface area contributed by atoms with E-state index >= 15 is 0 Å². The van der Waals surface area contributed by atoms with Gasteiger partial charge in [0.2, 0.25) is 0 Å². The van der Waals surface area contributed by atoms with Crippen molar-refractivity contribution in [1.29, 1.82) is 0 Å². The molecule has 0 atom stereocenters. The molecular formula is C32H21IN4. The maximum Gasteiger partial charge on any atom is 0.194 e. The predicted molar refractivity (Wildman–Crippen MR) is 158 cm³/mol. The first-order valence-corrected chi connectivity index (χ1v) is 13.0. The highest BCUT2D eigenvalue weighted by Crippen LogP contribution is 2.32. The van der Waals surface area contributed by atoms with E-state index in [0.717, 1.165) is 44.5 Å². The van der Waals surface area contributed by atoms with Crippen molar-refractivity contribution < 1.29 is 0 Å². The van der Waals surface area contributed by atoms with Gasteiger partial charge in [0, 0.05) is 46.1 Å². The largest absolute Gasteiger partial charge is 0.265 e. The van der Waals surface area contributed by atoms with Crippen LogP contribution in [-0.4, -0.2) is 19.9 Å². The Morgan fingerprint density at radius 1 is 0.378 bits per heavy atom. The highest BCUT2D eigenvalue weighted by Gasteiger charge is 2.13. The van der Waals surface area contributed by atoms with Crippen LogP contribution in [0.3, 0.4) is 0 Å². The molecule has 0 N–H and O–H groups in total. The molecule has 6 rings (SSSR count). The Labute approximate surface area is 229 Å². The molecule has 6 aromatic rings. The van der Waals surface area contributed by atoms with Gasteiger partial charge in [0.05, 0.1) is 0 Å². The molecule has 4 nitrogen and oxygen atoms in total. The zero-order valence-corrected chi connectivity index (χ0v) is 21.9. The van der Waals surface area contributed by atoms with Crippen LogP contribution in [0.2, 0.25) is 0 Å². The number of hydrogen-bond donors (Lipinski definition) is 0. The molecule has 0 amide bonds. The molecule has 4 aromatic carbocycles. The van der Waals surface area contributed by atoms with Crippen LogP contribution < -0.4 is 0 Å². The second kappa shape index (κ2) is 10.4. The summed E-state index contributed by atoms with van der Waals surface area (Å²) in [4.78, 5) is 18.4. The van der Waals surface area contributed by atoms with Crippen molar-refractivity contribution in [1.82, 2.24) is 19.9 Å². The van der Waals surface area contributed by atoms with Crippen LogP contribution in [0, 0.1) is 3.83 Å². The maximum atomic E-state index is 4.91. The maximum absolute atomic E-state index is 4.91. The summed E-state index contributed by atoms with van der Waals surface area (Å²) in [6, 6.07) is 39.6. The molecule has 176 valence electrons. The number of halogens is 1. The van der Waals surface area contributed by atoms with E-state index in [0.29, 0.717) is 15.5 Å². The Balaban J connectivity index is 1.44. The fourth-order valence-corrected chi connectivity index (χ4v) is 4.77. The van der Waals surface area contributed by atoms with Crippen molar-refractivity contribution in [2.45, 2.75) is 0 Å². The number of aromatic nitrogens is 4. The van der Waals surface area contributed by atoms with Crippen LogP contribution >= 0.6 is 22.6 Å². The zero-order valence-electron chi connectivity index (χ0n) is 19.8. The first kappa shape index (κ1) is 23.2. The smallest absolute Gasteiger partial charge is 0.194 e. The van der Waals surface area contributed by atoms with Gasteiger partial charge in [-0.05, 0) is 63.7 Å². The van der Waals surface area contributed by atoms with Crippen LogP contribution in [0.5, 0.6) is 0 Å². The van der Waals surface area contributed by atoms with Crippen LogP contribution in [0.15, 0.2) is 128 Å². The molecular weight excluding hydrogens is 567 g/mol. The molecule has 0 aliphatic carbocycles. The van der Waals surface area contributed by atoms with Gasteiger partial charge in [0.1, 0.15) is 0 Å². The third kappa shape index (κ3) is 5.17. The van der Waals surface area contributed by atoms with E-state index in [1.165, 1.54) is 0 Å². The molecule has 0 aliphatic rings. The number of rotatable bonds is 5. The van der Waals surface area contributed by atoms with Crippen LogP contribution in [0.4, 0.5) is 0 Å². The van der Waals surface area contributed by atoms with Gasteiger partial charge in [-0.1, -0.05) is 84.9 Å². The van der Waals surface area contributed by atoms with Gasteiger partial charge in [-0.25, -0.2) is 15.0 Å². The summed E-state index contributed by atoms with van der Waals surface area (Å²) < 4.78 is 0.655. The third-order valence-corrected chi connectivity index (χ3v) is 6.65. The molecule has 5 heteroatoms. The van der Waals surface area contributed by atoms with Crippen LogP contribution in [0.25, 0.3) is 56.2 Å². The van der Waals surface area contributed by atoms with Crippen molar-refractivity contribution in [3.05, 3.63) is 131 Å². The Hall–Kier alpha value is -4.23. The molecule has 37 heavy (non-hydrogen) atoms. The summed E-state index contributed by atoms with van der Waals surface area (Å²) in [5.74, 6) is 1.31. The lowest BCUT2D eigenvalue weighted by Crippen LogP contribution is -2.00. The summed E-state index contributed by atoms with van der Waals surface area (Å²) in [5, 5.41) is 0. The van der Waals surface area contributed by atoms with E-state index in [2.05, 4.69) is 124 Å². The van der Waals surface area contributed by atoms with E-state index < -0.39 is 0 Å². The van der Waals surface area contributed by atoms with E-state index in [-0.39, 0.29) is 0 Å². The lowest BCUT2D eigenvalue weighted by Gasteiger charge is -2.11. The van der Waals surface area contributed by atoms with Gasteiger partial charge in [-0.2, -0.15) is 0 Å². The van der Waals surface area contributed by atoms with Crippen molar-refractivity contribution in [2.75, 3.05) is 0 Å². The number of hydrogen-bond acceptors (Lipinski definition) is 4. The van der Waals surface area contributed by atoms with Crippen molar-refractivity contribution in [3.8, 4) is 56.2 Å². The minimum absolute atomic E-state index is 0.655. The summed E-state index contributed by atoms with van der Waals surface area (Å²) in [5.41, 5.74) is 8.69. The Morgan fingerprint density at radius 2 is 0.811 bits per heavy atom. The van der Waals surface area contributed by atoms with Crippen LogP contribution in [0.1, 0.15) is 0 Å². The van der Waals surface area contributed by atoms with E-state index in [1.54, 1.807) is 12.4 Å². The molecule has 2 aromatic heterocycles. The van der Waals surface area contributed by atoms with E-state index in [4.69, 9.17) is 9.97 Å². The summed E-state index contributed by atoms with van der Waals surface area (Å²) in [6.07, 6.45) is 3.61. The molecule has 0 aliphatic heterocycles. The number of benzene rings is 4. The molecule has 0 saturated carbocycles. The summed E-state index contributed by atoms with van der Waals surface area (Å²) >= 11 is 2.17. The lowest BCUT2D eigenvalue weighted by atomic mass is 9.96. The minimum atomic E-state index is 0.655. The fourth-order valence-electron chi connectivity index (χ4n) is 4.32. The lowest BCUT2D eigenvalue weighted by molar-refractivity contribution is 1.02. The SMILES string of the molecule is Ic1nc(-c2ccc(-c3ccncc3)cc2)nc(-c2cc(-c3ccccc3)cc(-c3ccccc3)c2)n1. The molecule has 0 radical (unpaired) electrons.